The predicted octanol–water partition coefficient (Wildman–Crippen LogP) is 5.63. The Kier molecular flexibility index (Phi) is 6.73. The lowest BCUT2D eigenvalue weighted by Crippen LogP contribution is -2.34. The second-order valence-corrected chi connectivity index (χ2v) is 9.83. The molecule has 2 heterocycles. The molecule has 160 valence electrons. The topological polar surface area (TPSA) is 51.0 Å². The van der Waals surface area contributed by atoms with Gasteiger partial charge in [0.05, 0.1) is 16.8 Å². The number of benzene rings is 2. The highest BCUT2D eigenvalue weighted by Gasteiger charge is 2.20. The summed E-state index contributed by atoms with van der Waals surface area (Å²) in [5, 5.41) is 5.04. The zero-order chi connectivity index (χ0) is 21.8. The molecule has 0 N–H and O–H groups in total. The van der Waals surface area contributed by atoms with Gasteiger partial charge in [0.15, 0.2) is 5.13 Å². The van der Waals surface area contributed by atoms with Crippen molar-refractivity contribution in [3.63, 3.8) is 0 Å². The lowest BCUT2D eigenvalue weighted by molar-refractivity contribution is -0.118. The van der Waals surface area contributed by atoms with Crippen molar-refractivity contribution in [1.82, 2.24) is 14.8 Å². The van der Waals surface area contributed by atoms with Gasteiger partial charge in [-0.25, -0.2) is 4.98 Å². The van der Waals surface area contributed by atoms with Gasteiger partial charge in [-0.15, -0.1) is 11.8 Å². The Morgan fingerprint density at radius 3 is 2.68 bits per heavy atom. The summed E-state index contributed by atoms with van der Waals surface area (Å²) < 4.78 is 2.97. The van der Waals surface area contributed by atoms with Gasteiger partial charge in [0.1, 0.15) is 0 Å². The number of hydrogen-bond donors (Lipinski definition) is 0. The van der Waals surface area contributed by atoms with E-state index in [0.717, 1.165) is 26.7 Å². The van der Waals surface area contributed by atoms with Gasteiger partial charge >= 0.3 is 0 Å². The Morgan fingerprint density at radius 2 is 1.94 bits per heavy atom. The molecule has 0 saturated heterocycles. The number of thioether (sulfide) groups is 1. The molecule has 0 atom stereocenters. The molecular formula is C24H26N4OS2. The Hall–Kier alpha value is -2.64. The van der Waals surface area contributed by atoms with Crippen molar-refractivity contribution in [2.75, 3.05) is 17.2 Å². The quantitative estimate of drug-likeness (QED) is 0.326. The van der Waals surface area contributed by atoms with E-state index in [1.54, 1.807) is 29.3 Å². The van der Waals surface area contributed by atoms with Gasteiger partial charge in [-0.3, -0.25) is 14.4 Å². The second kappa shape index (κ2) is 9.66. The molecule has 5 nitrogen and oxygen atoms in total. The molecule has 0 radical (unpaired) electrons. The highest BCUT2D eigenvalue weighted by atomic mass is 32.2. The van der Waals surface area contributed by atoms with Crippen molar-refractivity contribution in [2.24, 2.45) is 0 Å². The van der Waals surface area contributed by atoms with Gasteiger partial charge < -0.3 is 0 Å². The van der Waals surface area contributed by atoms with Crippen molar-refractivity contribution in [1.29, 1.82) is 0 Å². The molecule has 0 bridgehead atoms. The lowest BCUT2D eigenvalue weighted by atomic mass is 10.1. The molecule has 4 rings (SSSR count). The molecule has 2 aromatic heterocycles. The Labute approximate surface area is 191 Å². The molecule has 0 unspecified atom stereocenters. The minimum atomic E-state index is 0.0974. The Morgan fingerprint density at radius 1 is 1.13 bits per heavy atom. The fourth-order valence-electron chi connectivity index (χ4n) is 3.46. The van der Waals surface area contributed by atoms with E-state index in [0.29, 0.717) is 19.5 Å². The first-order chi connectivity index (χ1) is 15.0. The molecule has 0 saturated carbocycles. The van der Waals surface area contributed by atoms with Crippen molar-refractivity contribution < 1.29 is 4.79 Å². The normalized spacial score (nSPS) is 11.2. The second-order valence-electron chi connectivity index (χ2n) is 7.65. The van der Waals surface area contributed by atoms with Crippen LogP contribution < -0.4 is 4.90 Å². The molecule has 0 aliphatic rings. The molecule has 31 heavy (non-hydrogen) atoms. The van der Waals surface area contributed by atoms with Crippen molar-refractivity contribution in [3.8, 4) is 0 Å². The summed E-state index contributed by atoms with van der Waals surface area (Å²) in [7, 11) is 0. The predicted molar refractivity (Wildman–Crippen MR) is 130 cm³/mol. The van der Waals surface area contributed by atoms with E-state index in [1.165, 1.54) is 16.0 Å². The maximum Gasteiger partial charge on any atom is 0.229 e. The Bertz CT molecular complexity index is 1170. The summed E-state index contributed by atoms with van der Waals surface area (Å²) in [6.07, 6.45) is 4.14. The van der Waals surface area contributed by atoms with Crippen molar-refractivity contribution in [3.05, 3.63) is 71.5 Å². The van der Waals surface area contributed by atoms with Crippen LogP contribution in [-0.2, 0) is 11.3 Å². The number of fused-ring (bicyclic) bond motifs is 1. The summed E-state index contributed by atoms with van der Waals surface area (Å²) in [6.45, 7) is 7.43. The summed E-state index contributed by atoms with van der Waals surface area (Å²) in [6, 6.07) is 14.6. The summed E-state index contributed by atoms with van der Waals surface area (Å²) in [5.41, 5.74) is 4.58. The minimum absolute atomic E-state index is 0.0974. The van der Waals surface area contributed by atoms with Crippen LogP contribution in [0.3, 0.4) is 0 Å². The van der Waals surface area contributed by atoms with E-state index in [1.807, 2.05) is 21.8 Å². The van der Waals surface area contributed by atoms with E-state index < -0.39 is 0 Å². The van der Waals surface area contributed by atoms with Crippen molar-refractivity contribution in [2.45, 2.75) is 38.6 Å². The van der Waals surface area contributed by atoms with Crippen LogP contribution in [0.2, 0.25) is 0 Å². The summed E-state index contributed by atoms with van der Waals surface area (Å²) in [4.78, 5) is 21.1. The van der Waals surface area contributed by atoms with E-state index in [-0.39, 0.29) is 5.91 Å². The van der Waals surface area contributed by atoms with Crippen LogP contribution in [0.15, 0.2) is 59.8 Å². The third kappa shape index (κ3) is 5.35. The van der Waals surface area contributed by atoms with Crippen LogP contribution in [0.25, 0.3) is 10.2 Å². The van der Waals surface area contributed by atoms with Crippen LogP contribution in [0, 0.1) is 20.8 Å². The molecule has 0 spiro atoms. The third-order valence-corrected chi connectivity index (χ3v) is 7.11. The van der Waals surface area contributed by atoms with Crippen LogP contribution in [0.1, 0.15) is 23.1 Å². The van der Waals surface area contributed by atoms with Gasteiger partial charge in [0, 0.05) is 36.0 Å². The molecule has 4 aromatic rings. The highest BCUT2D eigenvalue weighted by Crippen LogP contribution is 2.32. The number of carbonyl (C=O) groups excluding carboxylic acids is 1. The molecule has 0 aliphatic heterocycles. The van der Waals surface area contributed by atoms with Gasteiger partial charge in [-0.05, 0) is 56.2 Å². The average molecular weight is 451 g/mol. The molecule has 7 heteroatoms. The van der Waals surface area contributed by atoms with E-state index in [9.17, 15) is 4.79 Å². The van der Waals surface area contributed by atoms with Crippen LogP contribution in [-0.4, -0.2) is 33.0 Å². The van der Waals surface area contributed by atoms with E-state index >= 15 is 0 Å². The molecule has 2 aromatic carbocycles. The number of rotatable bonds is 8. The number of aromatic nitrogens is 3. The maximum absolute atomic E-state index is 13.2. The smallest absolute Gasteiger partial charge is 0.229 e. The van der Waals surface area contributed by atoms with Gasteiger partial charge in [-0.1, -0.05) is 35.1 Å². The molecule has 0 fully saturated rings. The first-order valence-electron chi connectivity index (χ1n) is 10.3. The number of anilines is 1. The van der Waals surface area contributed by atoms with Crippen molar-refractivity contribution >= 4 is 44.4 Å². The SMILES string of the molecule is Cc1ccc(SCCC(=O)N(CCn2cccn2)c2nc3c(C)cc(C)cc3s2)cc1. The fraction of sp³-hybridized carbons (Fsp3) is 0.292. The molecular weight excluding hydrogens is 424 g/mol. The number of amides is 1. The molecule has 0 aliphatic carbocycles. The summed E-state index contributed by atoms with van der Waals surface area (Å²) in [5.74, 6) is 0.837. The lowest BCUT2D eigenvalue weighted by Gasteiger charge is -2.20. The van der Waals surface area contributed by atoms with Crippen LogP contribution in [0.5, 0.6) is 0 Å². The largest absolute Gasteiger partial charge is 0.286 e. The van der Waals surface area contributed by atoms with E-state index in [4.69, 9.17) is 4.98 Å². The third-order valence-electron chi connectivity index (χ3n) is 5.07. The minimum Gasteiger partial charge on any atom is -0.286 e. The van der Waals surface area contributed by atoms with E-state index in [2.05, 4.69) is 62.3 Å². The zero-order valence-electron chi connectivity index (χ0n) is 18.0. The van der Waals surface area contributed by atoms with Gasteiger partial charge in [-0.2, -0.15) is 5.10 Å². The Balaban J connectivity index is 1.51. The van der Waals surface area contributed by atoms with Gasteiger partial charge in [0.25, 0.3) is 0 Å². The number of carbonyl (C=O) groups is 1. The monoisotopic (exact) mass is 450 g/mol. The highest BCUT2D eigenvalue weighted by molar-refractivity contribution is 7.99. The number of thiazole rings is 1. The summed E-state index contributed by atoms with van der Waals surface area (Å²) >= 11 is 3.30. The number of nitrogens with zero attached hydrogens (tertiary/aromatic N) is 4. The molecule has 1 amide bonds. The van der Waals surface area contributed by atoms with Crippen LogP contribution >= 0.6 is 23.1 Å². The van der Waals surface area contributed by atoms with Gasteiger partial charge in [0.2, 0.25) is 5.91 Å². The zero-order valence-corrected chi connectivity index (χ0v) is 19.7. The fourth-order valence-corrected chi connectivity index (χ4v) is 5.49. The maximum atomic E-state index is 13.2. The van der Waals surface area contributed by atoms with Crippen LogP contribution in [0.4, 0.5) is 5.13 Å². The number of aryl methyl sites for hydroxylation is 3. The average Bonchev–Trinajstić information content (AvgIpc) is 3.40. The first kappa shape index (κ1) is 21.6. The first-order valence-corrected chi connectivity index (χ1v) is 12.1. The number of hydrogen-bond acceptors (Lipinski definition) is 5. The standard InChI is InChI=1S/C24H26N4OS2/c1-17-5-7-20(8-6-17)30-14-9-22(29)28(13-12-27-11-4-10-25-27)24-26-23-19(3)15-18(2)16-21(23)31-24/h4-8,10-11,15-16H,9,12-14H2,1-3H3.